The molecular weight excluding hydrogens is 303 g/mol. The molecule has 0 saturated carbocycles. The van der Waals surface area contributed by atoms with Crippen LogP contribution in [0.5, 0.6) is 0 Å². The molecule has 1 rings (SSSR count). The van der Waals surface area contributed by atoms with Crippen molar-refractivity contribution in [1.82, 2.24) is 0 Å². The van der Waals surface area contributed by atoms with Crippen LogP contribution < -0.4 is 0 Å². The minimum Gasteiger partial charge on any atom is -0.465 e. The van der Waals surface area contributed by atoms with Crippen LogP contribution in [-0.2, 0) is 10.9 Å². The number of ether oxygens (including phenoxy) is 1. The molecule has 0 spiro atoms. The van der Waals surface area contributed by atoms with Crippen molar-refractivity contribution in [3.05, 3.63) is 33.3 Å². The van der Waals surface area contributed by atoms with Gasteiger partial charge >= 0.3 is 12.1 Å². The first-order valence-corrected chi connectivity index (χ1v) is 5.00. The van der Waals surface area contributed by atoms with Gasteiger partial charge in [0.1, 0.15) is 6.07 Å². The Bertz CT molecular complexity index is 505. The lowest BCUT2D eigenvalue weighted by Gasteiger charge is -2.12. The molecule has 0 atom stereocenters. The zero-order chi connectivity index (χ0) is 13.2. The van der Waals surface area contributed by atoms with Crippen molar-refractivity contribution in [2.45, 2.75) is 6.18 Å². The van der Waals surface area contributed by atoms with Crippen molar-refractivity contribution in [2.24, 2.45) is 0 Å². The molecule has 0 N–H and O–H groups in total. The van der Waals surface area contributed by atoms with Crippen LogP contribution >= 0.6 is 15.9 Å². The Morgan fingerprint density at radius 1 is 1.47 bits per heavy atom. The molecule has 0 amide bonds. The molecule has 1 aromatic rings. The molecule has 17 heavy (non-hydrogen) atoms. The Morgan fingerprint density at radius 2 is 2.06 bits per heavy atom. The van der Waals surface area contributed by atoms with Gasteiger partial charge in [-0.2, -0.15) is 18.4 Å². The van der Waals surface area contributed by atoms with Gasteiger partial charge in [0.25, 0.3) is 0 Å². The number of carbonyl (C=O) groups is 1. The number of benzene rings is 1. The first-order valence-electron chi connectivity index (χ1n) is 4.21. The lowest BCUT2D eigenvalue weighted by molar-refractivity contribution is -0.137. The number of nitriles is 1. The third-order valence-electron chi connectivity index (χ3n) is 1.96. The molecule has 0 bridgehead atoms. The van der Waals surface area contributed by atoms with Crippen molar-refractivity contribution in [2.75, 3.05) is 7.11 Å². The van der Waals surface area contributed by atoms with Gasteiger partial charge < -0.3 is 4.74 Å². The number of halogens is 4. The lowest BCUT2D eigenvalue weighted by Crippen LogP contribution is -2.13. The minimum absolute atomic E-state index is 0.0777. The highest BCUT2D eigenvalue weighted by Crippen LogP contribution is 2.35. The number of hydrogen-bond acceptors (Lipinski definition) is 3. The van der Waals surface area contributed by atoms with E-state index in [9.17, 15) is 18.0 Å². The molecular formula is C10H5BrF3NO2. The highest BCUT2D eigenvalue weighted by Gasteiger charge is 2.36. The molecule has 0 aromatic heterocycles. The summed E-state index contributed by atoms with van der Waals surface area (Å²) in [6.45, 7) is 0. The number of alkyl halides is 3. The Kier molecular flexibility index (Phi) is 3.78. The molecule has 90 valence electrons. The first kappa shape index (κ1) is 13.5. The maximum Gasteiger partial charge on any atom is 0.417 e. The monoisotopic (exact) mass is 307 g/mol. The summed E-state index contributed by atoms with van der Waals surface area (Å²) in [5.41, 5.74) is -2.34. The van der Waals surface area contributed by atoms with Crippen LogP contribution in [0.1, 0.15) is 21.5 Å². The topological polar surface area (TPSA) is 50.1 Å². The molecule has 7 heteroatoms. The summed E-state index contributed by atoms with van der Waals surface area (Å²) >= 11 is 2.91. The minimum atomic E-state index is -4.70. The number of nitrogens with zero attached hydrogens (tertiary/aromatic N) is 1. The van der Waals surface area contributed by atoms with Crippen molar-refractivity contribution < 1.29 is 22.7 Å². The van der Waals surface area contributed by atoms with Crippen molar-refractivity contribution >= 4 is 21.9 Å². The van der Waals surface area contributed by atoms with Gasteiger partial charge in [0.05, 0.1) is 23.8 Å². The van der Waals surface area contributed by atoms with Gasteiger partial charge in [0.2, 0.25) is 0 Å². The van der Waals surface area contributed by atoms with Crippen molar-refractivity contribution in [3.8, 4) is 6.07 Å². The van der Waals surface area contributed by atoms with Crippen molar-refractivity contribution in [3.63, 3.8) is 0 Å². The molecule has 0 aliphatic carbocycles. The fourth-order valence-corrected chi connectivity index (χ4v) is 1.72. The van der Waals surface area contributed by atoms with E-state index in [-0.39, 0.29) is 4.47 Å². The smallest absolute Gasteiger partial charge is 0.417 e. The summed E-state index contributed by atoms with van der Waals surface area (Å²) in [5.74, 6) is -1.00. The largest absolute Gasteiger partial charge is 0.465 e. The second-order valence-electron chi connectivity index (χ2n) is 2.95. The summed E-state index contributed by atoms with van der Waals surface area (Å²) in [4.78, 5) is 11.3. The average Bonchev–Trinajstić information content (AvgIpc) is 2.25. The van der Waals surface area contributed by atoms with Crippen LogP contribution in [0.2, 0.25) is 0 Å². The second-order valence-corrected chi connectivity index (χ2v) is 3.80. The van der Waals surface area contributed by atoms with E-state index in [1.165, 1.54) is 6.07 Å². The van der Waals surface area contributed by atoms with Gasteiger partial charge in [-0.1, -0.05) is 0 Å². The van der Waals surface area contributed by atoms with Gasteiger partial charge in [-0.3, -0.25) is 0 Å². The summed E-state index contributed by atoms with van der Waals surface area (Å²) < 4.78 is 42.2. The Balaban J connectivity index is 3.61. The van der Waals surface area contributed by atoms with Crippen molar-refractivity contribution in [1.29, 1.82) is 5.26 Å². The number of hydrogen-bond donors (Lipinski definition) is 0. The molecule has 3 nitrogen and oxygen atoms in total. The van der Waals surface area contributed by atoms with Gasteiger partial charge in [0.15, 0.2) is 0 Å². The Morgan fingerprint density at radius 3 is 2.47 bits per heavy atom. The molecule has 0 fully saturated rings. The summed E-state index contributed by atoms with van der Waals surface area (Å²) in [7, 11) is 1.02. The molecule has 1 aromatic carbocycles. The van der Waals surface area contributed by atoms with Gasteiger partial charge in [0, 0.05) is 4.47 Å². The number of rotatable bonds is 1. The maximum absolute atomic E-state index is 12.6. The summed E-state index contributed by atoms with van der Waals surface area (Å²) in [5, 5.41) is 8.75. The Hall–Kier alpha value is -1.55. The average molecular weight is 308 g/mol. The molecule has 0 aliphatic heterocycles. The highest BCUT2D eigenvalue weighted by atomic mass is 79.9. The fourth-order valence-electron chi connectivity index (χ4n) is 1.23. The third kappa shape index (κ3) is 2.58. The van der Waals surface area contributed by atoms with Gasteiger partial charge in [-0.05, 0) is 28.1 Å². The standard InChI is InChI=1S/C10H5BrF3NO2/c1-17-9(16)8-5(4-15)6(10(12,13)14)2-3-7(8)11/h2-3H,1H3. The summed E-state index contributed by atoms with van der Waals surface area (Å²) in [6.07, 6.45) is -4.70. The van der Waals surface area contributed by atoms with Crippen LogP contribution in [0.4, 0.5) is 13.2 Å². The SMILES string of the molecule is COC(=O)c1c(Br)ccc(C(F)(F)F)c1C#N. The van der Waals surface area contributed by atoms with E-state index in [1.54, 1.807) is 0 Å². The molecule has 0 aliphatic rings. The quantitative estimate of drug-likeness (QED) is 0.749. The third-order valence-corrected chi connectivity index (χ3v) is 2.62. The Labute approximate surface area is 103 Å². The van der Waals surface area contributed by atoms with E-state index in [1.807, 2.05) is 0 Å². The zero-order valence-electron chi connectivity index (χ0n) is 8.43. The normalized spacial score (nSPS) is 10.8. The first-order chi connectivity index (χ1) is 7.82. The number of carbonyl (C=O) groups excluding carboxylic acids is 1. The van der Waals surface area contributed by atoms with E-state index in [2.05, 4.69) is 20.7 Å². The molecule has 0 unspecified atom stereocenters. The van der Waals surface area contributed by atoms with Crippen LogP contribution in [0.3, 0.4) is 0 Å². The van der Waals surface area contributed by atoms with Crippen LogP contribution in [-0.4, -0.2) is 13.1 Å². The van der Waals surface area contributed by atoms with E-state index >= 15 is 0 Å². The number of esters is 1. The van der Waals surface area contributed by atoms with Crippen LogP contribution in [0, 0.1) is 11.3 Å². The van der Waals surface area contributed by atoms with Gasteiger partial charge in [-0.25, -0.2) is 4.79 Å². The number of methoxy groups -OCH3 is 1. The zero-order valence-corrected chi connectivity index (χ0v) is 10.0. The fraction of sp³-hybridized carbons (Fsp3) is 0.200. The highest BCUT2D eigenvalue weighted by molar-refractivity contribution is 9.10. The van der Waals surface area contributed by atoms with E-state index in [4.69, 9.17) is 5.26 Å². The molecule has 0 heterocycles. The van der Waals surface area contributed by atoms with E-state index in [0.29, 0.717) is 0 Å². The maximum atomic E-state index is 12.6. The van der Waals surface area contributed by atoms with Crippen LogP contribution in [0.25, 0.3) is 0 Å². The molecule has 0 saturated heterocycles. The predicted molar refractivity (Wildman–Crippen MR) is 55.2 cm³/mol. The predicted octanol–water partition coefficient (Wildman–Crippen LogP) is 3.13. The van der Waals surface area contributed by atoms with Gasteiger partial charge in [-0.15, -0.1) is 0 Å². The second kappa shape index (κ2) is 4.75. The van der Waals surface area contributed by atoms with E-state index < -0.39 is 28.8 Å². The van der Waals surface area contributed by atoms with E-state index in [0.717, 1.165) is 19.2 Å². The summed E-state index contributed by atoms with van der Waals surface area (Å²) in [6, 6.07) is 3.16. The molecule has 0 radical (unpaired) electrons. The van der Waals surface area contributed by atoms with Crippen LogP contribution in [0.15, 0.2) is 16.6 Å². The lowest BCUT2D eigenvalue weighted by atomic mass is 10.0.